The molecule has 0 saturated carbocycles. The SMILES string of the molecule is CCn1nccc1C(NN)c1cc(Br)ccc1C. The zero-order valence-electron chi connectivity index (χ0n) is 10.5. The van der Waals surface area contributed by atoms with Crippen LogP contribution in [0.4, 0.5) is 0 Å². The van der Waals surface area contributed by atoms with Crippen LogP contribution in [0.1, 0.15) is 29.8 Å². The molecule has 1 aromatic carbocycles. The first-order chi connectivity index (χ1) is 8.67. The van der Waals surface area contributed by atoms with E-state index >= 15 is 0 Å². The lowest BCUT2D eigenvalue weighted by Crippen LogP contribution is -2.31. The van der Waals surface area contributed by atoms with Gasteiger partial charge in [-0.15, -0.1) is 0 Å². The van der Waals surface area contributed by atoms with E-state index in [9.17, 15) is 0 Å². The lowest BCUT2D eigenvalue weighted by atomic mass is 9.99. The van der Waals surface area contributed by atoms with E-state index in [1.807, 2.05) is 16.8 Å². The fourth-order valence-electron chi connectivity index (χ4n) is 2.11. The normalized spacial score (nSPS) is 12.7. The maximum atomic E-state index is 5.73. The zero-order chi connectivity index (χ0) is 13.1. The lowest BCUT2D eigenvalue weighted by Gasteiger charge is -2.20. The highest BCUT2D eigenvalue weighted by Gasteiger charge is 2.18. The number of aryl methyl sites for hydroxylation is 2. The van der Waals surface area contributed by atoms with E-state index in [4.69, 9.17) is 5.84 Å². The van der Waals surface area contributed by atoms with E-state index < -0.39 is 0 Å². The largest absolute Gasteiger partial charge is 0.271 e. The molecule has 3 N–H and O–H groups in total. The fraction of sp³-hybridized carbons (Fsp3) is 0.308. The predicted molar refractivity (Wildman–Crippen MR) is 75.9 cm³/mol. The third-order valence-corrected chi connectivity index (χ3v) is 3.56. The molecule has 0 amide bonds. The summed E-state index contributed by atoms with van der Waals surface area (Å²) in [6, 6.07) is 8.14. The Kier molecular flexibility index (Phi) is 4.16. The molecule has 0 spiro atoms. The zero-order valence-corrected chi connectivity index (χ0v) is 12.1. The molecule has 1 unspecified atom stereocenters. The Hall–Kier alpha value is -1.17. The molecule has 0 saturated heterocycles. The molecule has 0 bridgehead atoms. The molecule has 0 aliphatic carbocycles. The van der Waals surface area contributed by atoms with Crippen molar-refractivity contribution in [3.05, 3.63) is 51.8 Å². The van der Waals surface area contributed by atoms with Crippen molar-refractivity contribution in [3.8, 4) is 0 Å². The highest BCUT2D eigenvalue weighted by atomic mass is 79.9. The first kappa shape index (κ1) is 13.3. The van der Waals surface area contributed by atoms with Crippen molar-refractivity contribution >= 4 is 15.9 Å². The number of benzene rings is 1. The number of aromatic nitrogens is 2. The molecule has 2 rings (SSSR count). The number of nitrogens with one attached hydrogen (secondary N) is 1. The van der Waals surface area contributed by atoms with Gasteiger partial charge in [-0.05, 0) is 43.2 Å². The topological polar surface area (TPSA) is 55.9 Å². The molecule has 4 nitrogen and oxygen atoms in total. The average molecular weight is 309 g/mol. The number of nitrogens with two attached hydrogens (primary N) is 1. The summed E-state index contributed by atoms with van der Waals surface area (Å²) in [6.45, 7) is 4.98. The maximum Gasteiger partial charge on any atom is 0.0881 e. The van der Waals surface area contributed by atoms with Gasteiger partial charge in [-0.25, -0.2) is 5.43 Å². The molecule has 2 aromatic rings. The van der Waals surface area contributed by atoms with Crippen molar-refractivity contribution < 1.29 is 0 Å². The standard InChI is InChI=1S/C13H17BrN4/c1-3-18-12(6-7-16-18)13(17-15)11-8-10(14)5-4-9(11)2/h4-8,13,17H,3,15H2,1-2H3. The molecule has 1 heterocycles. The number of hydrazine groups is 1. The third kappa shape index (κ3) is 2.48. The molecule has 1 atom stereocenters. The Bertz CT molecular complexity index is 536. The smallest absolute Gasteiger partial charge is 0.0881 e. The van der Waals surface area contributed by atoms with Crippen LogP contribution in [0.15, 0.2) is 34.9 Å². The Balaban J connectivity index is 2.48. The molecular weight excluding hydrogens is 292 g/mol. The summed E-state index contributed by atoms with van der Waals surface area (Å²) in [5.74, 6) is 5.73. The fourth-order valence-corrected chi connectivity index (χ4v) is 2.49. The van der Waals surface area contributed by atoms with Gasteiger partial charge in [0.1, 0.15) is 0 Å². The Morgan fingerprint density at radius 3 is 2.89 bits per heavy atom. The van der Waals surface area contributed by atoms with Crippen molar-refractivity contribution in [3.63, 3.8) is 0 Å². The van der Waals surface area contributed by atoms with E-state index in [0.29, 0.717) is 0 Å². The summed E-state index contributed by atoms with van der Waals surface area (Å²) >= 11 is 3.50. The number of hydrogen-bond donors (Lipinski definition) is 2. The van der Waals surface area contributed by atoms with E-state index in [1.165, 1.54) is 5.56 Å². The van der Waals surface area contributed by atoms with Gasteiger partial charge < -0.3 is 0 Å². The van der Waals surface area contributed by atoms with Crippen molar-refractivity contribution in [2.45, 2.75) is 26.4 Å². The lowest BCUT2D eigenvalue weighted by molar-refractivity contribution is 0.542. The minimum atomic E-state index is -0.0510. The summed E-state index contributed by atoms with van der Waals surface area (Å²) in [5.41, 5.74) is 6.31. The molecule has 0 fully saturated rings. The van der Waals surface area contributed by atoms with Crippen LogP contribution >= 0.6 is 15.9 Å². The van der Waals surface area contributed by atoms with Gasteiger partial charge in [0.2, 0.25) is 0 Å². The van der Waals surface area contributed by atoms with E-state index in [2.05, 4.69) is 52.4 Å². The maximum absolute atomic E-state index is 5.73. The minimum absolute atomic E-state index is 0.0510. The second kappa shape index (κ2) is 5.65. The van der Waals surface area contributed by atoms with Crippen LogP contribution in [0.2, 0.25) is 0 Å². The molecule has 96 valence electrons. The molecule has 5 heteroatoms. The van der Waals surface area contributed by atoms with Gasteiger partial charge in [0.15, 0.2) is 0 Å². The van der Waals surface area contributed by atoms with Crippen LogP contribution in [0.5, 0.6) is 0 Å². The highest BCUT2D eigenvalue weighted by Crippen LogP contribution is 2.26. The van der Waals surface area contributed by atoms with Gasteiger partial charge in [0.05, 0.1) is 11.7 Å². The van der Waals surface area contributed by atoms with Gasteiger partial charge >= 0.3 is 0 Å². The average Bonchev–Trinajstić information content (AvgIpc) is 2.83. The van der Waals surface area contributed by atoms with E-state index in [1.54, 1.807) is 6.20 Å². The summed E-state index contributed by atoms with van der Waals surface area (Å²) in [6.07, 6.45) is 1.80. The van der Waals surface area contributed by atoms with Crippen molar-refractivity contribution in [1.82, 2.24) is 15.2 Å². The van der Waals surface area contributed by atoms with Gasteiger partial charge in [0, 0.05) is 17.2 Å². The molecule has 0 radical (unpaired) electrons. The Morgan fingerprint density at radius 1 is 1.44 bits per heavy atom. The minimum Gasteiger partial charge on any atom is -0.271 e. The number of halogens is 1. The van der Waals surface area contributed by atoms with Gasteiger partial charge in [-0.1, -0.05) is 22.0 Å². The monoisotopic (exact) mass is 308 g/mol. The van der Waals surface area contributed by atoms with E-state index in [-0.39, 0.29) is 6.04 Å². The number of nitrogens with zero attached hydrogens (tertiary/aromatic N) is 2. The molecule has 0 aliphatic rings. The predicted octanol–water partition coefficient (Wildman–Crippen LogP) is 2.53. The van der Waals surface area contributed by atoms with Gasteiger partial charge in [-0.3, -0.25) is 10.5 Å². The second-order valence-electron chi connectivity index (χ2n) is 4.17. The summed E-state index contributed by atoms with van der Waals surface area (Å²) in [7, 11) is 0. The number of hydrogen-bond acceptors (Lipinski definition) is 3. The van der Waals surface area contributed by atoms with E-state index in [0.717, 1.165) is 22.3 Å². The first-order valence-corrected chi connectivity index (χ1v) is 6.70. The quantitative estimate of drug-likeness (QED) is 0.674. The second-order valence-corrected chi connectivity index (χ2v) is 5.09. The van der Waals surface area contributed by atoms with Crippen molar-refractivity contribution in [2.75, 3.05) is 0 Å². The van der Waals surface area contributed by atoms with Crippen LogP contribution in [-0.4, -0.2) is 9.78 Å². The van der Waals surface area contributed by atoms with Crippen LogP contribution in [0.3, 0.4) is 0 Å². The van der Waals surface area contributed by atoms with Crippen LogP contribution in [0.25, 0.3) is 0 Å². The highest BCUT2D eigenvalue weighted by molar-refractivity contribution is 9.10. The van der Waals surface area contributed by atoms with Gasteiger partial charge in [0.25, 0.3) is 0 Å². The molecule has 1 aromatic heterocycles. The third-order valence-electron chi connectivity index (χ3n) is 3.06. The van der Waals surface area contributed by atoms with Crippen LogP contribution in [0, 0.1) is 6.92 Å². The molecule has 18 heavy (non-hydrogen) atoms. The van der Waals surface area contributed by atoms with Gasteiger partial charge in [-0.2, -0.15) is 5.10 Å². The number of rotatable bonds is 4. The first-order valence-electron chi connectivity index (χ1n) is 5.91. The Labute approximate surface area is 115 Å². The van der Waals surface area contributed by atoms with Crippen molar-refractivity contribution in [2.24, 2.45) is 5.84 Å². The molecule has 0 aliphatic heterocycles. The Morgan fingerprint density at radius 2 is 2.22 bits per heavy atom. The summed E-state index contributed by atoms with van der Waals surface area (Å²) in [5, 5.41) is 4.29. The van der Waals surface area contributed by atoms with Crippen LogP contribution < -0.4 is 11.3 Å². The summed E-state index contributed by atoms with van der Waals surface area (Å²) < 4.78 is 3.00. The van der Waals surface area contributed by atoms with Crippen molar-refractivity contribution in [1.29, 1.82) is 0 Å². The van der Waals surface area contributed by atoms with Crippen LogP contribution in [-0.2, 0) is 6.54 Å². The summed E-state index contributed by atoms with van der Waals surface area (Å²) in [4.78, 5) is 0. The molecular formula is C13H17BrN4.